The summed E-state index contributed by atoms with van der Waals surface area (Å²) in [5.74, 6) is -1.75. The second-order valence-electron chi connectivity index (χ2n) is 6.44. The van der Waals surface area contributed by atoms with Gasteiger partial charge >= 0.3 is 5.97 Å². The van der Waals surface area contributed by atoms with E-state index >= 15 is 0 Å². The van der Waals surface area contributed by atoms with E-state index in [1.165, 1.54) is 13.2 Å². The van der Waals surface area contributed by atoms with E-state index < -0.39 is 17.2 Å². The Labute approximate surface area is 143 Å². The van der Waals surface area contributed by atoms with E-state index in [-0.39, 0.29) is 11.7 Å². The summed E-state index contributed by atoms with van der Waals surface area (Å²) in [5, 5.41) is 12.3. The smallest absolute Gasteiger partial charge is 0.314 e. The maximum Gasteiger partial charge on any atom is 0.314 e. The van der Waals surface area contributed by atoms with Crippen LogP contribution in [-0.2, 0) is 16.8 Å². The largest absolute Gasteiger partial charge is 0.493 e. The van der Waals surface area contributed by atoms with Gasteiger partial charge in [-0.3, -0.25) is 9.59 Å². The van der Waals surface area contributed by atoms with Crippen molar-refractivity contribution in [1.82, 2.24) is 5.32 Å². The molecule has 1 aliphatic carbocycles. The Morgan fingerprint density at radius 2 is 2.00 bits per heavy atom. The summed E-state index contributed by atoms with van der Waals surface area (Å²) in [4.78, 5) is 23.6. The molecule has 1 heterocycles. The third-order valence-corrected chi connectivity index (χ3v) is 5.08. The summed E-state index contributed by atoms with van der Waals surface area (Å²) < 4.78 is 19.8. The molecule has 2 aromatic rings. The lowest BCUT2D eigenvalue weighted by atomic mass is 9.89. The number of ether oxygens (including phenoxy) is 1. The van der Waals surface area contributed by atoms with E-state index in [1.54, 1.807) is 18.2 Å². The van der Waals surface area contributed by atoms with Crippen LogP contribution in [0.15, 0.2) is 30.3 Å². The van der Waals surface area contributed by atoms with E-state index in [0.29, 0.717) is 36.1 Å². The Balaban J connectivity index is 1.93. The molecule has 25 heavy (non-hydrogen) atoms. The third-order valence-electron chi connectivity index (χ3n) is 5.08. The first-order chi connectivity index (χ1) is 12.0. The molecule has 1 fully saturated rings. The number of nitrogens with one attached hydrogen (secondary N) is 1. The first-order valence-corrected chi connectivity index (χ1v) is 8.00. The van der Waals surface area contributed by atoms with Crippen molar-refractivity contribution in [2.24, 2.45) is 0 Å². The molecule has 6 heteroatoms. The van der Waals surface area contributed by atoms with E-state index in [0.717, 1.165) is 11.1 Å². The number of methoxy groups -OCH3 is 1. The maximum absolute atomic E-state index is 14.6. The molecule has 0 bridgehead atoms. The number of carbonyl (C=O) groups excluding carboxylic acids is 1. The lowest BCUT2D eigenvalue weighted by Gasteiger charge is -2.18. The molecule has 0 spiro atoms. The van der Waals surface area contributed by atoms with Crippen molar-refractivity contribution in [3.63, 3.8) is 0 Å². The van der Waals surface area contributed by atoms with Crippen LogP contribution in [0.1, 0.15) is 34.3 Å². The topological polar surface area (TPSA) is 75.6 Å². The number of hydrogen-bond acceptors (Lipinski definition) is 3. The quantitative estimate of drug-likeness (QED) is 0.897. The highest BCUT2D eigenvalue weighted by molar-refractivity contribution is 6.00. The van der Waals surface area contributed by atoms with Gasteiger partial charge in [-0.05, 0) is 47.7 Å². The number of amides is 1. The van der Waals surface area contributed by atoms with Crippen molar-refractivity contribution in [1.29, 1.82) is 0 Å². The zero-order valence-electron chi connectivity index (χ0n) is 13.6. The summed E-state index contributed by atoms with van der Waals surface area (Å²) in [7, 11) is 1.34. The number of benzene rings is 2. The minimum atomic E-state index is -1.09. The van der Waals surface area contributed by atoms with Crippen LogP contribution in [0.2, 0.25) is 0 Å². The SMILES string of the molecule is COc1c(F)cc(-c2cccc3c2CNC3=O)cc1C1(C(=O)O)CC1. The van der Waals surface area contributed by atoms with Gasteiger partial charge in [0.15, 0.2) is 11.6 Å². The van der Waals surface area contributed by atoms with Gasteiger partial charge in [0.05, 0.1) is 12.5 Å². The molecule has 0 aromatic heterocycles. The van der Waals surface area contributed by atoms with Gasteiger partial charge in [0.25, 0.3) is 5.91 Å². The summed E-state index contributed by atoms with van der Waals surface area (Å²) in [6.45, 7) is 0.372. The highest BCUT2D eigenvalue weighted by Crippen LogP contribution is 2.53. The predicted molar refractivity (Wildman–Crippen MR) is 88.1 cm³/mol. The normalized spacial score (nSPS) is 17.0. The number of carbonyl (C=O) groups is 2. The van der Waals surface area contributed by atoms with Gasteiger partial charge in [-0.25, -0.2) is 4.39 Å². The zero-order valence-corrected chi connectivity index (χ0v) is 13.6. The number of halogens is 1. The molecule has 0 atom stereocenters. The van der Waals surface area contributed by atoms with Gasteiger partial charge in [-0.2, -0.15) is 0 Å². The molecule has 2 N–H and O–H groups in total. The highest BCUT2D eigenvalue weighted by Gasteiger charge is 2.54. The van der Waals surface area contributed by atoms with Gasteiger partial charge in [0.1, 0.15) is 0 Å². The average molecular weight is 341 g/mol. The number of fused-ring (bicyclic) bond motifs is 1. The van der Waals surface area contributed by atoms with Gasteiger partial charge in [-0.1, -0.05) is 12.1 Å². The second kappa shape index (κ2) is 5.31. The Morgan fingerprint density at radius 1 is 1.28 bits per heavy atom. The predicted octanol–water partition coefficient (Wildman–Crippen LogP) is 2.86. The molecule has 4 rings (SSSR count). The van der Waals surface area contributed by atoms with Crippen LogP contribution in [0, 0.1) is 5.82 Å². The maximum atomic E-state index is 14.6. The molecule has 128 valence electrons. The van der Waals surface area contributed by atoms with Crippen LogP contribution in [0.3, 0.4) is 0 Å². The third kappa shape index (κ3) is 2.21. The summed E-state index contributed by atoms with van der Waals surface area (Å²) >= 11 is 0. The van der Waals surface area contributed by atoms with E-state index in [4.69, 9.17) is 4.74 Å². The number of hydrogen-bond donors (Lipinski definition) is 2. The van der Waals surface area contributed by atoms with Gasteiger partial charge in [0.2, 0.25) is 0 Å². The fourth-order valence-corrected chi connectivity index (χ4v) is 3.56. The van der Waals surface area contributed by atoms with E-state index in [2.05, 4.69) is 5.32 Å². The molecule has 0 unspecified atom stereocenters. The zero-order chi connectivity index (χ0) is 17.8. The van der Waals surface area contributed by atoms with Gasteiger partial charge < -0.3 is 15.2 Å². The summed E-state index contributed by atoms with van der Waals surface area (Å²) in [6.07, 6.45) is 0.906. The highest BCUT2D eigenvalue weighted by atomic mass is 19.1. The number of carboxylic acid groups (broad SMARTS) is 1. The molecule has 1 saturated carbocycles. The second-order valence-corrected chi connectivity index (χ2v) is 6.44. The van der Waals surface area contributed by atoms with E-state index in [1.807, 2.05) is 6.07 Å². The standard InChI is InChI=1S/C19H16FNO4/c1-25-16-14(19(5-6-19)18(23)24)7-10(8-15(16)20)11-3-2-4-12-13(11)9-21-17(12)22/h2-4,7-8H,5-6,9H2,1H3,(H,21,22)(H,23,24). The summed E-state index contributed by atoms with van der Waals surface area (Å²) in [6, 6.07) is 8.29. The molecule has 5 nitrogen and oxygen atoms in total. The van der Waals surface area contributed by atoms with Gasteiger partial charge in [0, 0.05) is 17.7 Å². The molecule has 2 aromatic carbocycles. The molecule has 0 saturated heterocycles. The van der Waals surface area contributed by atoms with Gasteiger partial charge in [-0.15, -0.1) is 0 Å². The first kappa shape index (κ1) is 15.6. The van der Waals surface area contributed by atoms with Crippen LogP contribution < -0.4 is 10.1 Å². The Hall–Kier alpha value is -2.89. The minimum Gasteiger partial charge on any atom is -0.493 e. The Bertz CT molecular complexity index is 918. The van der Waals surface area contributed by atoms with Crippen molar-refractivity contribution >= 4 is 11.9 Å². The molecule has 0 radical (unpaired) electrons. The van der Waals surface area contributed by atoms with E-state index in [9.17, 15) is 19.1 Å². The molecule has 1 aliphatic heterocycles. The van der Waals surface area contributed by atoms with Crippen molar-refractivity contribution in [2.75, 3.05) is 7.11 Å². The lowest BCUT2D eigenvalue weighted by molar-refractivity contribution is -0.140. The number of carboxylic acids is 1. The first-order valence-electron chi connectivity index (χ1n) is 8.00. The molecule has 1 amide bonds. The van der Waals surface area contributed by atoms with Crippen LogP contribution >= 0.6 is 0 Å². The Morgan fingerprint density at radius 3 is 2.64 bits per heavy atom. The van der Waals surface area contributed by atoms with Crippen LogP contribution in [-0.4, -0.2) is 24.1 Å². The van der Waals surface area contributed by atoms with Crippen LogP contribution in [0.4, 0.5) is 4.39 Å². The van der Waals surface area contributed by atoms with Crippen LogP contribution in [0.5, 0.6) is 5.75 Å². The fourth-order valence-electron chi connectivity index (χ4n) is 3.56. The van der Waals surface area contributed by atoms with Crippen molar-refractivity contribution in [2.45, 2.75) is 24.8 Å². The lowest BCUT2D eigenvalue weighted by Crippen LogP contribution is -2.21. The monoisotopic (exact) mass is 341 g/mol. The van der Waals surface area contributed by atoms with Crippen molar-refractivity contribution < 1.29 is 23.8 Å². The molecular weight excluding hydrogens is 325 g/mol. The van der Waals surface area contributed by atoms with Crippen molar-refractivity contribution in [3.05, 3.63) is 52.8 Å². The molecule has 2 aliphatic rings. The average Bonchev–Trinajstić information content (AvgIpc) is 3.33. The van der Waals surface area contributed by atoms with Crippen molar-refractivity contribution in [3.8, 4) is 16.9 Å². The fraction of sp³-hybridized carbons (Fsp3) is 0.263. The van der Waals surface area contributed by atoms with Crippen LogP contribution in [0.25, 0.3) is 11.1 Å². The summed E-state index contributed by atoms with van der Waals surface area (Å²) in [5.41, 5.74) is 1.90. The minimum absolute atomic E-state index is 0.0228. The Kier molecular flexibility index (Phi) is 3.32. The number of aliphatic carboxylic acids is 1. The number of rotatable bonds is 4. The molecular formula is C19H16FNO4.